The van der Waals surface area contributed by atoms with Gasteiger partial charge in [-0.1, -0.05) is 12.1 Å². The van der Waals surface area contributed by atoms with Crippen LogP contribution in [0.1, 0.15) is 27.6 Å². The number of carboxylic acid groups (broad SMARTS) is 4. The average Bonchev–Trinajstić information content (AvgIpc) is 2.29. The highest BCUT2D eigenvalue weighted by molar-refractivity contribution is 6.01. The minimum absolute atomic E-state index is 0.190. The minimum Gasteiger partial charge on any atom is -0.483 e. The van der Waals surface area contributed by atoms with Gasteiger partial charge in [0.05, 0.1) is 11.1 Å². The Labute approximate surface area is 107 Å². The fourth-order valence-corrected chi connectivity index (χ4v) is 0.856. The lowest BCUT2D eigenvalue weighted by molar-refractivity contribution is -0.134. The predicted octanol–water partition coefficient (Wildman–Crippen LogP) is 0.875. The SMILES string of the molecule is CC(=O)O.O=C(O)c1ccccc1C(=O)O.O=CO. The van der Waals surface area contributed by atoms with E-state index in [1.807, 2.05) is 0 Å². The summed E-state index contributed by atoms with van der Waals surface area (Å²) in [7, 11) is 0. The maximum Gasteiger partial charge on any atom is 0.336 e. The molecule has 0 amide bonds. The van der Waals surface area contributed by atoms with Gasteiger partial charge in [0.15, 0.2) is 0 Å². The van der Waals surface area contributed by atoms with E-state index >= 15 is 0 Å². The van der Waals surface area contributed by atoms with E-state index in [0.717, 1.165) is 6.92 Å². The van der Waals surface area contributed by atoms with Gasteiger partial charge in [0.25, 0.3) is 12.4 Å². The Morgan fingerprint density at radius 2 is 1.16 bits per heavy atom. The Balaban J connectivity index is 0. The van der Waals surface area contributed by atoms with Gasteiger partial charge in [-0.25, -0.2) is 9.59 Å². The maximum atomic E-state index is 10.5. The van der Waals surface area contributed by atoms with Crippen LogP contribution in [-0.2, 0) is 9.59 Å². The van der Waals surface area contributed by atoms with Crippen LogP contribution < -0.4 is 0 Å². The number of hydrogen-bond donors (Lipinski definition) is 4. The first kappa shape index (κ1) is 18.5. The lowest BCUT2D eigenvalue weighted by atomic mass is 10.1. The molecule has 0 saturated carbocycles. The van der Waals surface area contributed by atoms with E-state index in [0.29, 0.717) is 0 Å². The van der Waals surface area contributed by atoms with Gasteiger partial charge in [-0.3, -0.25) is 9.59 Å². The summed E-state index contributed by atoms with van der Waals surface area (Å²) in [6.07, 6.45) is 0. The molecule has 0 aromatic heterocycles. The molecule has 8 nitrogen and oxygen atoms in total. The van der Waals surface area contributed by atoms with Crippen LogP contribution in [0.15, 0.2) is 24.3 Å². The Morgan fingerprint density at radius 3 is 1.32 bits per heavy atom. The molecule has 0 fully saturated rings. The highest BCUT2D eigenvalue weighted by atomic mass is 16.4. The van der Waals surface area contributed by atoms with Crippen LogP contribution in [0.25, 0.3) is 0 Å². The van der Waals surface area contributed by atoms with E-state index in [1.165, 1.54) is 24.3 Å². The van der Waals surface area contributed by atoms with E-state index < -0.39 is 17.9 Å². The Hall–Kier alpha value is -2.90. The molecule has 0 bridgehead atoms. The molecule has 0 saturated heterocycles. The second-order valence-electron chi connectivity index (χ2n) is 2.78. The van der Waals surface area contributed by atoms with Crippen molar-refractivity contribution in [3.05, 3.63) is 35.4 Å². The summed E-state index contributed by atoms with van der Waals surface area (Å²) in [5.74, 6) is -3.29. The van der Waals surface area contributed by atoms with E-state index in [2.05, 4.69) is 0 Å². The monoisotopic (exact) mass is 272 g/mol. The molecule has 0 atom stereocenters. The quantitative estimate of drug-likeness (QED) is 0.579. The number of benzene rings is 1. The third kappa shape index (κ3) is 10.00. The average molecular weight is 272 g/mol. The van der Waals surface area contributed by atoms with Crippen LogP contribution in [0.3, 0.4) is 0 Å². The molecule has 1 aromatic rings. The molecule has 4 N–H and O–H groups in total. The Bertz CT molecular complexity index is 415. The van der Waals surface area contributed by atoms with Gasteiger partial charge in [0.2, 0.25) is 0 Å². The molecule has 104 valence electrons. The molecule has 8 heteroatoms. The number of aliphatic carboxylic acids is 1. The first-order valence-corrected chi connectivity index (χ1v) is 4.60. The van der Waals surface area contributed by atoms with Crippen molar-refractivity contribution >= 4 is 24.4 Å². The molecule has 1 aromatic carbocycles. The number of rotatable bonds is 2. The van der Waals surface area contributed by atoms with Crippen LogP contribution in [-0.4, -0.2) is 44.8 Å². The lowest BCUT2D eigenvalue weighted by Crippen LogP contribution is -2.06. The molecule has 0 radical (unpaired) electrons. The van der Waals surface area contributed by atoms with Gasteiger partial charge < -0.3 is 20.4 Å². The van der Waals surface area contributed by atoms with Gasteiger partial charge in [-0.2, -0.15) is 0 Å². The van der Waals surface area contributed by atoms with Crippen LogP contribution in [0, 0.1) is 0 Å². The zero-order valence-corrected chi connectivity index (χ0v) is 9.81. The van der Waals surface area contributed by atoms with Crippen molar-refractivity contribution in [2.45, 2.75) is 6.92 Å². The first-order valence-electron chi connectivity index (χ1n) is 4.60. The smallest absolute Gasteiger partial charge is 0.336 e. The summed E-state index contributed by atoms with van der Waals surface area (Å²) in [4.78, 5) is 38.3. The minimum atomic E-state index is -1.23. The molecule has 0 unspecified atom stereocenters. The third-order valence-electron chi connectivity index (χ3n) is 1.39. The van der Waals surface area contributed by atoms with Crippen molar-refractivity contribution in [3.8, 4) is 0 Å². The second kappa shape index (κ2) is 10.3. The summed E-state index contributed by atoms with van der Waals surface area (Å²) < 4.78 is 0. The molecule has 1 rings (SSSR count). The molecular formula is C11H12O8. The summed E-state index contributed by atoms with van der Waals surface area (Å²) in [6, 6.07) is 5.48. The van der Waals surface area contributed by atoms with Crippen molar-refractivity contribution in [3.63, 3.8) is 0 Å². The zero-order valence-electron chi connectivity index (χ0n) is 9.81. The van der Waals surface area contributed by atoms with Gasteiger partial charge >= 0.3 is 11.9 Å². The highest BCUT2D eigenvalue weighted by Crippen LogP contribution is 2.07. The van der Waals surface area contributed by atoms with E-state index in [1.54, 1.807) is 0 Å². The summed E-state index contributed by atoms with van der Waals surface area (Å²) >= 11 is 0. The van der Waals surface area contributed by atoms with E-state index in [9.17, 15) is 9.59 Å². The predicted molar refractivity (Wildman–Crippen MR) is 62.4 cm³/mol. The van der Waals surface area contributed by atoms with Crippen LogP contribution in [0.2, 0.25) is 0 Å². The normalized spacial score (nSPS) is 7.84. The van der Waals surface area contributed by atoms with Crippen LogP contribution in [0.4, 0.5) is 0 Å². The molecule has 0 aliphatic rings. The first-order chi connectivity index (χ1) is 8.77. The van der Waals surface area contributed by atoms with E-state index in [-0.39, 0.29) is 17.6 Å². The molecule has 0 heterocycles. The van der Waals surface area contributed by atoms with Crippen LogP contribution in [0.5, 0.6) is 0 Å². The molecule has 0 aliphatic carbocycles. The third-order valence-corrected chi connectivity index (χ3v) is 1.39. The number of carbonyl (C=O) groups is 4. The topological polar surface area (TPSA) is 149 Å². The van der Waals surface area contributed by atoms with Crippen molar-refractivity contribution < 1.29 is 39.6 Å². The molecular weight excluding hydrogens is 260 g/mol. The standard InChI is InChI=1S/C8H6O4.C2H4O2.CH2O2/c9-7(10)5-3-1-2-4-6(5)8(11)12;1-2(3)4;2-1-3/h1-4H,(H,9,10)(H,11,12);1H3,(H,3,4);1H,(H,2,3). The largest absolute Gasteiger partial charge is 0.483 e. The van der Waals surface area contributed by atoms with Crippen LogP contribution >= 0.6 is 0 Å². The zero-order chi connectivity index (χ0) is 15.4. The number of hydrogen-bond acceptors (Lipinski definition) is 4. The fraction of sp³-hybridized carbons (Fsp3) is 0.0909. The van der Waals surface area contributed by atoms with Crippen molar-refractivity contribution in [1.29, 1.82) is 0 Å². The highest BCUT2D eigenvalue weighted by Gasteiger charge is 2.13. The summed E-state index contributed by atoms with van der Waals surface area (Å²) in [5, 5.41) is 31.4. The number of aromatic carboxylic acids is 2. The van der Waals surface area contributed by atoms with Gasteiger partial charge in [-0.15, -0.1) is 0 Å². The van der Waals surface area contributed by atoms with Gasteiger partial charge in [0, 0.05) is 6.92 Å². The fourth-order valence-electron chi connectivity index (χ4n) is 0.856. The molecule has 0 aliphatic heterocycles. The van der Waals surface area contributed by atoms with E-state index in [4.69, 9.17) is 30.0 Å². The second-order valence-corrected chi connectivity index (χ2v) is 2.78. The Kier molecular flexibility index (Phi) is 9.98. The summed E-state index contributed by atoms with van der Waals surface area (Å²) in [5.41, 5.74) is -0.380. The molecule has 19 heavy (non-hydrogen) atoms. The maximum absolute atomic E-state index is 10.5. The molecule has 0 spiro atoms. The number of carboxylic acids is 3. The van der Waals surface area contributed by atoms with Gasteiger partial charge in [0.1, 0.15) is 0 Å². The summed E-state index contributed by atoms with van der Waals surface area (Å²) in [6.45, 7) is 0.833. The van der Waals surface area contributed by atoms with Gasteiger partial charge in [-0.05, 0) is 12.1 Å². The van der Waals surface area contributed by atoms with Crippen molar-refractivity contribution in [2.24, 2.45) is 0 Å². The Morgan fingerprint density at radius 1 is 0.947 bits per heavy atom. The van der Waals surface area contributed by atoms with Crippen molar-refractivity contribution in [2.75, 3.05) is 0 Å². The van der Waals surface area contributed by atoms with Crippen molar-refractivity contribution in [1.82, 2.24) is 0 Å². The lowest BCUT2D eigenvalue weighted by Gasteiger charge is -1.98.